The van der Waals surface area contributed by atoms with E-state index in [2.05, 4.69) is 17.1 Å². The van der Waals surface area contributed by atoms with Gasteiger partial charge in [-0.3, -0.25) is 4.79 Å². The number of likely N-dealkylation sites (N-methyl/N-ethyl adjacent to an activating group) is 1. The second-order valence-electron chi connectivity index (χ2n) is 6.35. The monoisotopic (exact) mass is 282 g/mol. The normalized spacial score (nSPS) is 34.5. The fraction of sp³-hybridized carbons (Fsp3) is 0.938. The zero-order valence-electron chi connectivity index (χ0n) is 13.3. The number of nitrogens with one attached hydrogen (secondary N) is 1. The molecule has 0 spiro atoms. The Morgan fingerprint density at radius 2 is 2.20 bits per heavy atom. The molecule has 3 unspecified atom stereocenters. The number of hydrogen-bond donors (Lipinski definition) is 1. The summed E-state index contributed by atoms with van der Waals surface area (Å²) in [5, 5.41) is 3.31. The van der Waals surface area contributed by atoms with Crippen molar-refractivity contribution in [2.24, 2.45) is 5.92 Å². The summed E-state index contributed by atoms with van der Waals surface area (Å²) in [6.45, 7) is 7.02. The van der Waals surface area contributed by atoms with E-state index in [1.807, 2.05) is 14.0 Å². The summed E-state index contributed by atoms with van der Waals surface area (Å²) in [6, 6.07) is 0.711. The van der Waals surface area contributed by atoms with Gasteiger partial charge in [-0.15, -0.1) is 0 Å². The molecule has 1 saturated carbocycles. The fourth-order valence-corrected chi connectivity index (χ4v) is 4.07. The van der Waals surface area contributed by atoms with Gasteiger partial charge in [0, 0.05) is 6.04 Å². The minimum absolute atomic E-state index is 0.0422. The first-order valence-electron chi connectivity index (χ1n) is 8.24. The largest absolute Gasteiger partial charge is 0.465 e. The number of rotatable bonds is 6. The van der Waals surface area contributed by atoms with E-state index >= 15 is 0 Å². The number of carbonyl (C=O) groups is 1. The van der Waals surface area contributed by atoms with Crippen LogP contribution in [0.2, 0.25) is 0 Å². The van der Waals surface area contributed by atoms with Crippen LogP contribution in [0.4, 0.5) is 0 Å². The molecule has 1 heterocycles. The van der Waals surface area contributed by atoms with E-state index in [1.54, 1.807) is 0 Å². The molecule has 0 amide bonds. The second-order valence-corrected chi connectivity index (χ2v) is 6.35. The molecule has 0 aromatic carbocycles. The summed E-state index contributed by atoms with van der Waals surface area (Å²) in [6.07, 6.45) is 6.93. The highest BCUT2D eigenvalue weighted by molar-refractivity contribution is 5.81. The van der Waals surface area contributed by atoms with E-state index in [-0.39, 0.29) is 5.97 Å². The molecule has 0 aromatic heterocycles. The SMILES string of the molecule is CCOC(=O)C1(NC)CCCC1CCN1CCCC1C. The van der Waals surface area contributed by atoms with Crippen molar-refractivity contribution in [2.45, 2.75) is 64.0 Å². The molecule has 2 rings (SSSR count). The third-order valence-electron chi connectivity index (χ3n) is 5.36. The van der Waals surface area contributed by atoms with Gasteiger partial charge >= 0.3 is 5.97 Å². The van der Waals surface area contributed by atoms with Crippen LogP contribution >= 0.6 is 0 Å². The van der Waals surface area contributed by atoms with Crippen molar-refractivity contribution in [1.82, 2.24) is 10.2 Å². The molecule has 4 heteroatoms. The van der Waals surface area contributed by atoms with E-state index in [0.29, 0.717) is 18.6 Å². The van der Waals surface area contributed by atoms with E-state index in [4.69, 9.17) is 4.74 Å². The number of likely N-dealkylation sites (tertiary alicyclic amines) is 1. The van der Waals surface area contributed by atoms with Crippen molar-refractivity contribution in [1.29, 1.82) is 0 Å². The Morgan fingerprint density at radius 3 is 2.80 bits per heavy atom. The van der Waals surface area contributed by atoms with Gasteiger partial charge in [0.25, 0.3) is 0 Å². The van der Waals surface area contributed by atoms with Gasteiger partial charge in [-0.25, -0.2) is 0 Å². The molecular weight excluding hydrogens is 252 g/mol. The maximum atomic E-state index is 12.4. The highest BCUT2D eigenvalue weighted by Crippen LogP contribution is 2.39. The van der Waals surface area contributed by atoms with Crippen LogP contribution in [0.3, 0.4) is 0 Å². The molecule has 1 aliphatic heterocycles. The quantitative estimate of drug-likeness (QED) is 0.758. The van der Waals surface area contributed by atoms with Gasteiger partial charge in [0.15, 0.2) is 0 Å². The predicted molar refractivity (Wildman–Crippen MR) is 80.7 cm³/mol. The van der Waals surface area contributed by atoms with Crippen LogP contribution in [-0.4, -0.2) is 49.2 Å². The minimum atomic E-state index is -0.432. The smallest absolute Gasteiger partial charge is 0.326 e. The third-order valence-corrected chi connectivity index (χ3v) is 5.36. The Labute approximate surface area is 123 Å². The molecule has 2 fully saturated rings. The fourth-order valence-electron chi connectivity index (χ4n) is 4.07. The van der Waals surface area contributed by atoms with Crippen LogP contribution in [0.5, 0.6) is 0 Å². The van der Waals surface area contributed by atoms with Crippen LogP contribution in [0.15, 0.2) is 0 Å². The first-order valence-corrected chi connectivity index (χ1v) is 8.24. The van der Waals surface area contributed by atoms with Crippen molar-refractivity contribution < 1.29 is 9.53 Å². The van der Waals surface area contributed by atoms with Gasteiger partial charge in [-0.1, -0.05) is 6.42 Å². The van der Waals surface area contributed by atoms with Crippen LogP contribution in [0.25, 0.3) is 0 Å². The van der Waals surface area contributed by atoms with Crippen LogP contribution in [0.1, 0.15) is 52.4 Å². The highest BCUT2D eigenvalue weighted by Gasteiger charge is 2.48. The van der Waals surface area contributed by atoms with E-state index in [9.17, 15) is 4.79 Å². The van der Waals surface area contributed by atoms with Crippen molar-refractivity contribution in [3.63, 3.8) is 0 Å². The van der Waals surface area contributed by atoms with Crippen molar-refractivity contribution in [3.05, 3.63) is 0 Å². The van der Waals surface area contributed by atoms with E-state index in [0.717, 1.165) is 32.2 Å². The molecular formula is C16H30N2O2. The number of ether oxygens (including phenoxy) is 1. The first-order chi connectivity index (χ1) is 9.64. The van der Waals surface area contributed by atoms with Crippen molar-refractivity contribution in [3.8, 4) is 0 Å². The Hall–Kier alpha value is -0.610. The predicted octanol–water partition coefficient (Wildman–Crippen LogP) is 2.18. The van der Waals surface area contributed by atoms with Gasteiger partial charge in [0.2, 0.25) is 0 Å². The Kier molecular flexibility index (Phi) is 5.44. The minimum Gasteiger partial charge on any atom is -0.465 e. The number of esters is 1. The lowest BCUT2D eigenvalue weighted by atomic mass is 9.84. The maximum Gasteiger partial charge on any atom is 0.326 e. The van der Waals surface area contributed by atoms with Gasteiger partial charge in [-0.05, 0) is 72.0 Å². The highest BCUT2D eigenvalue weighted by atomic mass is 16.5. The van der Waals surface area contributed by atoms with E-state index in [1.165, 1.54) is 19.4 Å². The Balaban J connectivity index is 1.96. The molecule has 1 saturated heterocycles. The lowest BCUT2D eigenvalue weighted by molar-refractivity contribution is -0.153. The molecule has 3 atom stereocenters. The number of nitrogens with zero attached hydrogens (tertiary/aromatic N) is 1. The molecule has 116 valence electrons. The van der Waals surface area contributed by atoms with Gasteiger partial charge in [-0.2, -0.15) is 0 Å². The third kappa shape index (κ3) is 3.01. The summed E-state index contributed by atoms with van der Waals surface area (Å²) >= 11 is 0. The van der Waals surface area contributed by atoms with Gasteiger partial charge in [0.05, 0.1) is 6.61 Å². The van der Waals surface area contributed by atoms with Crippen molar-refractivity contribution >= 4 is 5.97 Å². The summed E-state index contributed by atoms with van der Waals surface area (Å²) in [5.74, 6) is 0.374. The molecule has 1 aliphatic carbocycles. The second kappa shape index (κ2) is 6.90. The zero-order chi connectivity index (χ0) is 14.6. The van der Waals surface area contributed by atoms with Gasteiger partial charge in [0.1, 0.15) is 5.54 Å². The molecule has 0 bridgehead atoms. The van der Waals surface area contributed by atoms with Crippen LogP contribution < -0.4 is 5.32 Å². The summed E-state index contributed by atoms with van der Waals surface area (Å²) in [7, 11) is 1.91. The molecule has 0 aromatic rings. The average molecular weight is 282 g/mol. The molecule has 0 radical (unpaired) electrons. The Morgan fingerprint density at radius 1 is 1.40 bits per heavy atom. The lowest BCUT2D eigenvalue weighted by Gasteiger charge is -2.34. The molecule has 2 aliphatic rings. The van der Waals surface area contributed by atoms with Crippen LogP contribution in [-0.2, 0) is 9.53 Å². The lowest BCUT2D eigenvalue weighted by Crippen LogP contribution is -2.54. The van der Waals surface area contributed by atoms with Gasteiger partial charge < -0.3 is 15.0 Å². The first kappa shape index (κ1) is 15.8. The zero-order valence-corrected chi connectivity index (χ0v) is 13.3. The number of hydrogen-bond acceptors (Lipinski definition) is 4. The number of carbonyl (C=O) groups excluding carboxylic acids is 1. The molecule has 1 N–H and O–H groups in total. The summed E-state index contributed by atoms with van der Waals surface area (Å²) in [5.41, 5.74) is -0.432. The topological polar surface area (TPSA) is 41.6 Å². The summed E-state index contributed by atoms with van der Waals surface area (Å²) < 4.78 is 5.33. The molecule has 20 heavy (non-hydrogen) atoms. The maximum absolute atomic E-state index is 12.4. The Bertz CT molecular complexity index is 334. The van der Waals surface area contributed by atoms with Crippen LogP contribution in [0, 0.1) is 5.92 Å². The average Bonchev–Trinajstić information content (AvgIpc) is 3.03. The summed E-state index contributed by atoms with van der Waals surface area (Å²) in [4.78, 5) is 14.9. The van der Waals surface area contributed by atoms with E-state index < -0.39 is 5.54 Å². The van der Waals surface area contributed by atoms with Crippen molar-refractivity contribution in [2.75, 3.05) is 26.7 Å². The standard InChI is InChI=1S/C16H30N2O2/c1-4-20-15(19)16(17-3)10-5-8-14(16)9-12-18-11-6-7-13(18)2/h13-14,17H,4-12H2,1-3H3. The molecule has 4 nitrogen and oxygen atoms in total.